The molecule has 1 atom stereocenters. The minimum Gasteiger partial charge on any atom is -0.456 e. The molecule has 0 saturated carbocycles. The highest BCUT2D eigenvalue weighted by molar-refractivity contribution is 6.15. The van der Waals surface area contributed by atoms with E-state index in [9.17, 15) is 0 Å². The number of fused-ring (bicyclic) bond motifs is 15. The molecule has 5 heteroatoms. The lowest BCUT2D eigenvalue weighted by atomic mass is 9.65. The van der Waals surface area contributed by atoms with Crippen LogP contribution >= 0.6 is 0 Å². The Balaban J connectivity index is 1.04. The summed E-state index contributed by atoms with van der Waals surface area (Å²) in [6.45, 7) is 0. The molecule has 0 saturated heterocycles. The van der Waals surface area contributed by atoms with E-state index in [0.29, 0.717) is 17.5 Å². The van der Waals surface area contributed by atoms with E-state index in [4.69, 9.17) is 19.4 Å². The van der Waals surface area contributed by atoms with Crippen LogP contribution in [0.4, 0.5) is 0 Å². The lowest BCUT2D eigenvalue weighted by Crippen LogP contribution is -2.33. The molecule has 10 aromatic carbocycles. The van der Waals surface area contributed by atoms with Gasteiger partial charge < -0.3 is 8.98 Å². The second-order valence-electron chi connectivity index (χ2n) is 18.2. The van der Waals surface area contributed by atoms with E-state index in [1.165, 1.54) is 49.7 Å². The van der Waals surface area contributed by atoms with Crippen LogP contribution in [0.15, 0.2) is 235 Å². The summed E-state index contributed by atoms with van der Waals surface area (Å²) in [5, 5.41) is 4.70. The van der Waals surface area contributed by atoms with Crippen LogP contribution in [-0.2, 0) is 5.41 Å². The molecule has 13 aromatic rings. The molecule has 5 nitrogen and oxygen atoms in total. The van der Waals surface area contributed by atoms with Crippen LogP contribution in [-0.4, -0.2) is 19.5 Å². The molecule has 69 heavy (non-hydrogen) atoms. The molecular formula is C64H38N4O. The first-order valence-electron chi connectivity index (χ1n) is 23.5. The average Bonchev–Trinajstić information content (AvgIpc) is 4.08. The number of benzene rings is 10. The molecule has 320 valence electrons. The summed E-state index contributed by atoms with van der Waals surface area (Å²) < 4.78 is 8.95. The third kappa shape index (κ3) is 5.32. The molecule has 2 aliphatic rings. The molecule has 15 rings (SSSR count). The number of nitrogens with zero attached hydrogens (tertiary/aromatic N) is 4. The number of rotatable bonds is 5. The fraction of sp³-hybridized carbons (Fsp3) is 0.0156. The van der Waals surface area contributed by atoms with Crippen LogP contribution in [0.5, 0.6) is 0 Å². The predicted octanol–water partition coefficient (Wildman–Crippen LogP) is 15.9. The first kappa shape index (κ1) is 38.0. The van der Waals surface area contributed by atoms with Gasteiger partial charge in [-0.05, 0) is 86.0 Å². The fourth-order valence-electron chi connectivity index (χ4n) is 11.8. The van der Waals surface area contributed by atoms with Crippen molar-refractivity contribution >= 4 is 43.7 Å². The molecule has 0 amide bonds. The van der Waals surface area contributed by atoms with E-state index in [0.717, 1.165) is 72.0 Å². The highest BCUT2D eigenvalue weighted by Crippen LogP contribution is 2.63. The van der Waals surface area contributed by atoms with Gasteiger partial charge in [-0.15, -0.1) is 0 Å². The molecule has 1 spiro atoms. The smallest absolute Gasteiger partial charge is 0.164 e. The third-order valence-corrected chi connectivity index (χ3v) is 14.7. The quantitative estimate of drug-likeness (QED) is 0.173. The molecule has 1 unspecified atom stereocenters. The summed E-state index contributed by atoms with van der Waals surface area (Å²) in [4.78, 5) is 16.0. The minimum atomic E-state index is -0.681. The summed E-state index contributed by atoms with van der Waals surface area (Å²) in [5.41, 5.74) is 19.2. The summed E-state index contributed by atoms with van der Waals surface area (Å²) >= 11 is 0. The Labute approximate surface area is 397 Å². The van der Waals surface area contributed by atoms with Crippen molar-refractivity contribution in [3.05, 3.63) is 253 Å². The van der Waals surface area contributed by atoms with Crippen LogP contribution in [0, 0.1) is 0 Å². The molecule has 4 heterocycles. The van der Waals surface area contributed by atoms with E-state index in [2.05, 4.69) is 205 Å². The van der Waals surface area contributed by atoms with Crippen LogP contribution in [0.1, 0.15) is 22.3 Å². The monoisotopic (exact) mass is 878 g/mol. The molecule has 0 fully saturated rings. The molecular weight excluding hydrogens is 841 g/mol. The van der Waals surface area contributed by atoms with Crippen LogP contribution in [0.3, 0.4) is 0 Å². The van der Waals surface area contributed by atoms with Crippen molar-refractivity contribution in [1.82, 2.24) is 19.5 Å². The summed E-state index contributed by atoms with van der Waals surface area (Å²) in [6, 6.07) is 82.7. The first-order chi connectivity index (χ1) is 34.2. The Morgan fingerprint density at radius 2 is 0.913 bits per heavy atom. The lowest BCUT2D eigenvalue weighted by molar-refractivity contribution is 0.669. The van der Waals surface area contributed by atoms with Crippen LogP contribution < -0.4 is 0 Å². The zero-order chi connectivity index (χ0) is 45.2. The van der Waals surface area contributed by atoms with Crippen LogP contribution in [0.25, 0.3) is 117 Å². The highest BCUT2D eigenvalue weighted by Gasteiger charge is 2.51. The Morgan fingerprint density at radius 3 is 1.75 bits per heavy atom. The van der Waals surface area contributed by atoms with Gasteiger partial charge in [0.15, 0.2) is 17.5 Å². The van der Waals surface area contributed by atoms with E-state index < -0.39 is 5.41 Å². The Hall–Kier alpha value is -9.19. The highest BCUT2D eigenvalue weighted by atomic mass is 16.3. The molecule has 0 radical (unpaired) electrons. The summed E-state index contributed by atoms with van der Waals surface area (Å²) in [5.74, 6) is 1.86. The number of hydrogen-bond acceptors (Lipinski definition) is 4. The fourth-order valence-corrected chi connectivity index (χ4v) is 11.8. The van der Waals surface area contributed by atoms with Gasteiger partial charge in [-0.2, -0.15) is 0 Å². The van der Waals surface area contributed by atoms with Crippen molar-refractivity contribution in [3.8, 4) is 73.2 Å². The zero-order valence-electron chi connectivity index (χ0n) is 37.1. The Morgan fingerprint density at radius 1 is 0.348 bits per heavy atom. The third-order valence-electron chi connectivity index (χ3n) is 14.7. The van der Waals surface area contributed by atoms with Gasteiger partial charge in [-0.3, -0.25) is 0 Å². The van der Waals surface area contributed by atoms with E-state index in [1.54, 1.807) is 0 Å². The van der Waals surface area contributed by atoms with Gasteiger partial charge in [0.05, 0.1) is 22.1 Å². The maximum Gasteiger partial charge on any atom is 0.164 e. The predicted molar refractivity (Wildman–Crippen MR) is 279 cm³/mol. The van der Waals surface area contributed by atoms with Gasteiger partial charge in [0.1, 0.15) is 11.2 Å². The summed E-state index contributed by atoms with van der Waals surface area (Å²) in [7, 11) is 0. The van der Waals surface area contributed by atoms with Gasteiger partial charge >= 0.3 is 0 Å². The Kier molecular flexibility index (Phi) is 7.93. The van der Waals surface area contributed by atoms with Gasteiger partial charge in [0, 0.05) is 38.2 Å². The normalized spacial score (nSPS) is 14.4. The largest absolute Gasteiger partial charge is 0.456 e. The Bertz CT molecular complexity index is 4250. The number of hydrogen-bond donors (Lipinski definition) is 0. The van der Waals surface area contributed by atoms with Crippen molar-refractivity contribution in [3.63, 3.8) is 0 Å². The van der Waals surface area contributed by atoms with E-state index in [-0.39, 0.29) is 0 Å². The second kappa shape index (κ2) is 14.4. The molecule has 1 aliphatic heterocycles. The first-order valence-corrected chi connectivity index (χ1v) is 23.5. The maximum absolute atomic E-state index is 6.46. The van der Waals surface area contributed by atoms with Crippen LogP contribution in [0.2, 0.25) is 0 Å². The lowest BCUT2D eigenvalue weighted by Gasteiger charge is -2.39. The topological polar surface area (TPSA) is 56.7 Å². The summed E-state index contributed by atoms with van der Waals surface area (Å²) in [6.07, 6.45) is 0. The van der Waals surface area contributed by atoms with Gasteiger partial charge in [0.25, 0.3) is 0 Å². The van der Waals surface area contributed by atoms with Gasteiger partial charge in [-0.1, -0.05) is 200 Å². The zero-order valence-corrected chi connectivity index (χ0v) is 37.1. The van der Waals surface area contributed by atoms with E-state index in [1.807, 2.05) is 30.3 Å². The van der Waals surface area contributed by atoms with Crippen molar-refractivity contribution in [2.75, 3.05) is 0 Å². The number of furan rings is 1. The average molecular weight is 879 g/mol. The number of para-hydroxylation sites is 4. The standard InChI is InChI=1S/C64H38N4O/c1-3-16-39(17-4-1)40-32-34-42(35-33-40)62-65-61(41-18-5-2-6-19-41)66-63(67-62)48-24-14-26-52-58(48)49-38-43(44-22-15-31-57-59(44)47-21-8-12-30-56(47)69-57)36-37-50(49)64(52)51-25-9-11-29-55(51)68-54-28-10-7-20-45(54)46-23-13-27-53(64)60(46)68/h1-38H. The van der Waals surface area contributed by atoms with Crippen molar-refractivity contribution in [2.45, 2.75) is 5.41 Å². The molecule has 1 aliphatic carbocycles. The van der Waals surface area contributed by atoms with E-state index >= 15 is 0 Å². The van der Waals surface area contributed by atoms with Gasteiger partial charge in [0.2, 0.25) is 0 Å². The molecule has 0 N–H and O–H groups in total. The molecule has 3 aromatic heterocycles. The maximum atomic E-state index is 6.46. The SMILES string of the molecule is c1ccc(-c2ccc(-c3nc(-c4ccccc4)nc(-c4cccc5c4-c4cc(-c6cccc7oc8ccccc8c67)ccc4C54c5ccccc5-n5c6ccccc6c6cccc4c65)n3)cc2)cc1. The minimum absolute atomic E-state index is 0.619. The molecule has 0 bridgehead atoms. The number of aromatic nitrogens is 4. The van der Waals surface area contributed by atoms with Gasteiger partial charge in [-0.25, -0.2) is 15.0 Å². The van der Waals surface area contributed by atoms with Crippen molar-refractivity contribution < 1.29 is 4.42 Å². The second-order valence-corrected chi connectivity index (χ2v) is 18.2. The van der Waals surface area contributed by atoms with Crippen molar-refractivity contribution in [1.29, 1.82) is 0 Å². The van der Waals surface area contributed by atoms with Crippen molar-refractivity contribution in [2.24, 2.45) is 0 Å².